The number of carbonyl (C=O) groups is 1. The Balaban J connectivity index is 2.30. The van der Waals surface area contributed by atoms with Crippen LogP contribution in [0.4, 0.5) is 5.13 Å². The number of primary sulfonamides is 1. The summed E-state index contributed by atoms with van der Waals surface area (Å²) in [5.74, 6) is -0.459. The number of carbonyl (C=O) groups excluding carboxylic acids is 1. The maximum atomic E-state index is 12.1. The fourth-order valence-electron chi connectivity index (χ4n) is 1.54. The van der Waals surface area contributed by atoms with Crippen LogP contribution in [0.15, 0.2) is 26.9 Å². The molecule has 3 N–H and O–H groups in total. The number of aromatic nitrogens is 1. The highest BCUT2D eigenvalue weighted by Gasteiger charge is 2.19. The second kappa shape index (κ2) is 6.01. The van der Waals surface area contributed by atoms with Gasteiger partial charge < -0.3 is 0 Å². The first-order valence-corrected chi connectivity index (χ1v) is 8.98. The first-order chi connectivity index (χ1) is 9.68. The molecule has 0 fully saturated rings. The van der Waals surface area contributed by atoms with E-state index in [1.807, 2.05) is 0 Å². The number of thiazole rings is 1. The number of nitrogens with zero attached hydrogens (tertiary/aromatic N) is 1. The lowest BCUT2D eigenvalue weighted by Gasteiger charge is -2.04. The molecule has 1 aromatic heterocycles. The summed E-state index contributed by atoms with van der Waals surface area (Å²) < 4.78 is 23.1. The van der Waals surface area contributed by atoms with Crippen LogP contribution >= 0.6 is 38.9 Å². The Morgan fingerprint density at radius 3 is 2.71 bits per heavy atom. The number of nitrogens with two attached hydrogens (primary N) is 1. The molecule has 112 valence electrons. The molecule has 0 bridgehead atoms. The number of amides is 1. The molecule has 0 saturated carbocycles. The van der Waals surface area contributed by atoms with E-state index in [0.717, 1.165) is 11.3 Å². The van der Waals surface area contributed by atoms with Gasteiger partial charge in [0.2, 0.25) is 10.0 Å². The molecule has 0 aliphatic carbocycles. The summed E-state index contributed by atoms with van der Waals surface area (Å²) in [6, 6.07) is 4.76. The van der Waals surface area contributed by atoms with Crippen molar-refractivity contribution in [1.29, 1.82) is 0 Å². The summed E-state index contributed by atoms with van der Waals surface area (Å²) in [6.45, 7) is 1.50. The zero-order valence-corrected chi connectivity index (χ0v) is 14.5. The molecule has 0 spiro atoms. The van der Waals surface area contributed by atoms with Crippen LogP contribution in [-0.4, -0.2) is 19.3 Å². The molecule has 0 aliphatic heterocycles. The normalized spacial score (nSPS) is 11.4. The number of halogens is 2. The SMILES string of the molecule is Cc1nc(NC(=O)c2cc(Cl)ccc2Br)sc1S(N)(=O)=O. The van der Waals surface area contributed by atoms with Gasteiger partial charge in [-0.2, -0.15) is 0 Å². The Labute approximate surface area is 138 Å². The van der Waals surface area contributed by atoms with Crippen molar-refractivity contribution >= 4 is 59.9 Å². The van der Waals surface area contributed by atoms with Crippen LogP contribution in [0.1, 0.15) is 16.1 Å². The average molecular weight is 411 g/mol. The average Bonchev–Trinajstić information content (AvgIpc) is 2.73. The highest BCUT2D eigenvalue weighted by molar-refractivity contribution is 9.10. The van der Waals surface area contributed by atoms with Crippen molar-refractivity contribution in [2.45, 2.75) is 11.1 Å². The molecule has 0 saturated heterocycles. The van der Waals surface area contributed by atoms with E-state index in [9.17, 15) is 13.2 Å². The number of rotatable bonds is 3. The summed E-state index contributed by atoms with van der Waals surface area (Å²) in [4.78, 5) is 16.1. The van der Waals surface area contributed by atoms with Crippen molar-refractivity contribution in [3.63, 3.8) is 0 Å². The van der Waals surface area contributed by atoms with Crippen LogP contribution in [0.5, 0.6) is 0 Å². The molecule has 2 aromatic rings. The topological polar surface area (TPSA) is 102 Å². The van der Waals surface area contributed by atoms with Gasteiger partial charge >= 0.3 is 0 Å². The summed E-state index contributed by atoms with van der Waals surface area (Å²) >= 11 is 9.88. The van der Waals surface area contributed by atoms with E-state index in [1.165, 1.54) is 13.0 Å². The number of benzene rings is 1. The van der Waals surface area contributed by atoms with Gasteiger partial charge in [-0.3, -0.25) is 10.1 Å². The third-order valence-corrected chi connectivity index (χ3v) is 5.96. The van der Waals surface area contributed by atoms with Gasteiger partial charge in [0.05, 0.1) is 11.3 Å². The third-order valence-electron chi connectivity index (χ3n) is 2.41. The summed E-state index contributed by atoms with van der Waals surface area (Å²) in [5.41, 5.74) is 0.551. The molecule has 1 aromatic carbocycles. The van der Waals surface area contributed by atoms with Gasteiger partial charge in [-0.05, 0) is 41.1 Å². The number of anilines is 1. The molecule has 2 rings (SSSR count). The molecule has 0 atom stereocenters. The van der Waals surface area contributed by atoms with Crippen LogP contribution in [-0.2, 0) is 10.0 Å². The Morgan fingerprint density at radius 2 is 2.14 bits per heavy atom. The van der Waals surface area contributed by atoms with Crippen LogP contribution < -0.4 is 10.5 Å². The first-order valence-electron chi connectivity index (χ1n) is 5.45. The van der Waals surface area contributed by atoms with E-state index in [0.29, 0.717) is 15.1 Å². The van der Waals surface area contributed by atoms with Crippen LogP contribution in [0.3, 0.4) is 0 Å². The van der Waals surface area contributed by atoms with Crippen molar-refractivity contribution < 1.29 is 13.2 Å². The van der Waals surface area contributed by atoms with Crippen LogP contribution in [0, 0.1) is 6.92 Å². The third kappa shape index (κ3) is 3.80. The zero-order valence-electron chi connectivity index (χ0n) is 10.6. The molecule has 0 radical (unpaired) electrons. The number of hydrogen-bond donors (Lipinski definition) is 2. The van der Waals surface area contributed by atoms with Gasteiger partial charge in [-0.1, -0.05) is 22.9 Å². The van der Waals surface area contributed by atoms with Crippen molar-refractivity contribution in [3.05, 3.63) is 39.0 Å². The van der Waals surface area contributed by atoms with Gasteiger partial charge in [0.1, 0.15) is 0 Å². The molecule has 0 unspecified atom stereocenters. The van der Waals surface area contributed by atoms with Crippen molar-refractivity contribution in [1.82, 2.24) is 4.98 Å². The first kappa shape index (κ1) is 16.4. The van der Waals surface area contributed by atoms with Gasteiger partial charge in [-0.25, -0.2) is 18.5 Å². The molecule has 1 amide bonds. The fraction of sp³-hybridized carbons (Fsp3) is 0.0909. The maximum absolute atomic E-state index is 12.1. The summed E-state index contributed by atoms with van der Waals surface area (Å²) in [5, 5.41) is 8.13. The number of aryl methyl sites for hydroxylation is 1. The number of nitrogens with one attached hydrogen (secondary N) is 1. The lowest BCUT2D eigenvalue weighted by atomic mass is 10.2. The molecular formula is C11H9BrClN3O3S2. The van der Waals surface area contributed by atoms with E-state index in [-0.39, 0.29) is 15.0 Å². The predicted octanol–water partition coefficient (Wildman–Crippen LogP) is 2.77. The van der Waals surface area contributed by atoms with Crippen molar-refractivity contribution in [2.24, 2.45) is 5.14 Å². The van der Waals surface area contributed by atoms with Crippen molar-refractivity contribution in [2.75, 3.05) is 5.32 Å². The van der Waals surface area contributed by atoms with Gasteiger partial charge in [-0.15, -0.1) is 0 Å². The summed E-state index contributed by atoms with van der Waals surface area (Å²) in [6.07, 6.45) is 0. The summed E-state index contributed by atoms with van der Waals surface area (Å²) in [7, 11) is -3.85. The van der Waals surface area contributed by atoms with E-state index in [4.69, 9.17) is 16.7 Å². The molecule has 1 heterocycles. The Hall–Kier alpha value is -1.000. The highest BCUT2D eigenvalue weighted by Crippen LogP contribution is 2.27. The second-order valence-electron chi connectivity index (χ2n) is 4.02. The van der Waals surface area contributed by atoms with Gasteiger partial charge in [0.15, 0.2) is 9.34 Å². The smallest absolute Gasteiger partial charge is 0.258 e. The molecule has 10 heteroatoms. The number of sulfonamides is 1. The van der Waals surface area contributed by atoms with E-state index in [2.05, 4.69) is 26.2 Å². The van der Waals surface area contributed by atoms with E-state index < -0.39 is 15.9 Å². The number of hydrogen-bond acceptors (Lipinski definition) is 5. The standard InChI is InChI=1S/C11H9BrClN3O3S2/c1-5-10(21(14,18)19)20-11(15-5)16-9(17)7-4-6(13)2-3-8(7)12/h2-4H,1H3,(H2,14,18,19)(H,15,16,17). The lowest BCUT2D eigenvalue weighted by Crippen LogP contribution is -2.12. The Kier molecular flexibility index (Phi) is 4.69. The maximum Gasteiger partial charge on any atom is 0.258 e. The van der Waals surface area contributed by atoms with Crippen LogP contribution in [0.25, 0.3) is 0 Å². The minimum absolute atomic E-state index is 0.0806. The minimum Gasteiger partial charge on any atom is -0.298 e. The van der Waals surface area contributed by atoms with Gasteiger partial charge in [0, 0.05) is 9.50 Å². The Morgan fingerprint density at radius 1 is 1.48 bits per heavy atom. The molecule has 6 nitrogen and oxygen atoms in total. The quantitative estimate of drug-likeness (QED) is 0.812. The Bertz CT molecular complexity index is 820. The zero-order chi connectivity index (χ0) is 15.8. The van der Waals surface area contributed by atoms with Crippen molar-refractivity contribution in [3.8, 4) is 0 Å². The lowest BCUT2D eigenvalue weighted by molar-refractivity contribution is 0.102. The van der Waals surface area contributed by atoms with E-state index >= 15 is 0 Å². The van der Waals surface area contributed by atoms with Gasteiger partial charge in [0.25, 0.3) is 5.91 Å². The predicted molar refractivity (Wildman–Crippen MR) is 85.3 cm³/mol. The largest absolute Gasteiger partial charge is 0.298 e. The van der Waals surface area contributed by atoms with Crippen LogP contribution in [0.2, 0.25) is 5.02 Å². The minimum atomic E-state index is -3.85. The van der Waals surface area contributed by atoms with E-state index in [1.54, 1.807) is 12.1 Å². The molecular weight excluding hydrogens is 402 g/mol. The molecule has 21 heavy (non-hydrogen) atoms. The fourth-order valence-corrected chi connectivity index (χ4v) is 3.99. The second-order valence-corrected chi connectivity index (χ2v) is 8.06. The highest BCUT2D eigenvalue weighted by atomic mass is 79.9. The monoisotopic (exact) mass is 409 g/mol. The molecule has 0 aliphatic rings.